The van der Waals surface area contributed by atoms with Gasteiger partial charge in [-0.3, -0.25) is 4.79 Å². The Hall–Kier alpha value is -5.14. The molecule has 0 aromatic heterocycles. The lowest BCUT2D eigenvalue weighted by Gasteiger charge is -2.50. The van der Waals surface area contributed by atoms with E-state index < -0.39 is 5.41 Å². The third-order valence-electron chi connectivity index (χ3n) is 7.86. The number of benzene rings is 5. The van der Waals surface area contributed by atoms with E-state index in [0.29, 0.717) is 11.4 Å². The minimum atomic E-state index is -0.711. The van der Waals surface area contributed by atoms with Crippen LogP contribution in [0.4, 0.5) is 22.7 Å². The van der Waals surface area contributed by atoms with Crippen molar-refractivity contribution in [1.82, 2.24) is 0 Å². The molecule has 5 aromatic carbocycles. The van der Waals surface area contributed by atoms with Crippen LogP contribution in [-0.2, 0) is 5.41 Å². The van der Waals surface area contributed by atoms with E-state index in [1.807, 2.05) is 66.7 Å². The maximum Gasteiger partial charge on any atom is 0.193 e. The standard InChI is InChI=1S/C33H18N2O2/c1-34-20-17-18-29-28(19-20)35-27-15-7-6-13-25(27)33(26-14-8-16-30(37-29)31(26)35)23-11-4-2-9-21(23)32(36)22-10-3-5-12-24(22)33/h2-19H. The first-order chi connectivity index (χ1) is 18.2. The van der Waals surface area contributed by atoms with Crippen LogP contribution in [0.2, 0.25) is 0 Å². The normalized spacial score (nSPS) is 14.9. The quantitative estimate of drug-likeness (QED) is 0.209. The van der Waals surface area contributed by atoms with Crippen molar-refractivity contribution in [3.63, 3.8) is 0 Å². The molecule has 172 valence electrons. The Kier molecular flexibility index (Phi) is 3.78. The zero-order valence-electron chi connectivity index (χ0n) is 19.6. The molecule has 0 atom stereocenters. The van der Waals surface area contributed by atoms with Crippen LogP contribution < -0.4 is 9.64 Å². The summed E-state index contributed by atoms with van der Waals surface area (Å²) in [5.41, 5.74) is 8.15. The molecular weight excluding hydrogens is 456 g/mol. The topological polar surface area (TPSA) is 33.9 Å². The second-order valence-electron chi connectivity index (χ2n) is 9.54. The number of hydrogen-bond donors (Lipinski definition) is 0. The highest BCUT2D eigenvalue weighted by Gasteiger charge is 2.53. The van der Waals surface area contributed by atoms with Crippen molar-refractivity contribution in [2.45, 2.75) is 5.41 Å². The highest BCUT2D eigenvalue weighted by atomic mass is 16.5. The van der Waals surface area contributed by atoms with Crippen molar-refractivity contribution in [3.05, 3.63) is 154 Å². The molecule has 0 saturated heterocycles. The van der Waals surface area contributed by atoms with Crippen LogP contribution >= 0.6 is 0 Å². The second kappa shape index (κ2) is 6.96. The summed E-state index contributed by atoms with van der Waals surface area (Å²) in [5, 5.41) is 0. The van der Waals surface area contributed by atoms with Gasteiger partial charge in [0.2, 0.25) is 0 Å². The van der Waals surface area contributed by atoms with Gasteiger partial charge in [0.15, 0.2) is 17.2 Å². The Balaban J connectivity index is 1.58. The van der Waals surface area contributed by atoms with Gasteiger partial charge in [-0.15, -0.1) is 0 Å². The fraction of sp³-hybridized carbons (Fsp3) is 0.0303. The van der Waals surface area contributed by atoms with Crippen molar-refractivity contribution in [3.8, 4) is 11.5 Å². The van der Waals surface area contributed by atoms with Crippen LogP contribution in [0, 0.1) is 6.57 Å². The summed E-state index contributed by atoms with van der Waals surface area (Å²) in [7, 11) is 0. The molecule has 0 bridgehead atoms. The zero-order valence-corrected chi connectivity index (χ0v) is 19.6. The number of fused-ring (bicyclic) bond motifs is 10. The van der Waals surface area contributed by atoms with Gasteiger partial charge in [-0.05, 0) is 46.5 Å². The van der Waals surface area contributed by atoms with Gasteiger partial charge in [0.1, 0.15) is 5.75 Å². The molecule has 5 aromatic rings. The number of anilines is 3. The van der Waals surface area contributed by atoms with Crippen molar-refractivity contribution in [1.29, 1.82) is 0 Å². The number of ketones is 1. The highest BCUT2D eigenvalue weighted by molar-refractivity contribution is 6.15. The molecule has 2 aliphatic heterocycles. The average Bonchev–Trinajstić information content (AvgIpc) is 2.96. The van der Waals surface area contributed by atoms with E-state index in [9.17, 15) is 4.79 Å². The van der Waals surface area contributed by atoms with Crippen LogP contribution in [0.15, 0.2) is 109 Å². The first kappa shape index (κ1) is 20.1. The number of nitrogens with zero attached hydrogens (tertiary/aromatic N) is 2. The molecule has 2 heterocycles. The first-order valence-electron chi connectivity index (χ1n) is 12.2. The minimum Gasteiger partial charge on any atom is -0.453 e. The Labute approximate surface area is 213 Å². The highest BCUT2D eigenvalue weighted by Crippen LogP contribution is 2.64. The van der Waals surface area contributed by atoms with Crippen LogP contribution in [-0.4, -0.2) is 5.78 Å². The fourth-order valence-corrected chi connectivity index (χ4v) is 6.48. The molecule has 1 aliphatic carbocycles. The molecule has 0 radical (unpaired) electrons. The summed E-state index contributed by atoms with van der Waals surface area (Å²) in [5.74, 6) is 1.51. The van der Waals surface area contributed by atoms with E-state index in [-0.39, 0.29) is 5.78 Å². The lowest BCUT2D eigenvalue weighted by atomic mass is 9.57. The average molecular weight is 475 g/mol. The molecule has 0 N–H and O–H groups in total. The van der Waals surface area contributed by atoms with Gasteiger partial charge in [-0.25, -0.2) is 4.85 Å². The number of hydrogen-bond acceptors (Lipinski definition) is 3. The van der Waals surface area contributed by atoms with E-state index in [4.69, 9.17) is 11.3 Å². The van der Waals surface area contributed by atoms with E-state index in [1.165, 1.54) is 0 Å². The van der Waals surface area contributed by atoms with Gasteiger partial charge in [-0.2, -0.15) is 0 Å². The largest absolute Gasteiger partial charge is 0.453 e. The second-order valence-corrected chi connectivity index (χ2v) is 9.54. The Morgan fingerprint density at radius 3 is 2.03 bits per heavy atom. The number of rotatable bonds is 0. The molecule has 0 saturated carbocycles. The molecule has 37 heavy (non-hydrogen) atoms. The van der Waals surface area contributed by atoms with Gasteiger partial charge in [0.25, 0.3) is 0 Å². The maximum absolute atomic E-state index is 13.7. The molecule has 0 fully saturated rings. The lowest BCUT2D eigenvalue weighted by molar-refractivity contribution is 0.103. The van der Waals surface area contributed by atoms with Crippen LogP contribution in [0.5, 0.6) is 11.5 Å². The molecule has 0 unspecified atom stereocenters. The third kappa shape index (κ3) is 2.34. The van der Waals surface area contributed by atoms with E-state index >= 15 is 0 Å². The molecule has 4 nitrogen and oxygen atoms in total. The van der Waals surface area contributed by atoms with Gasteiger partial charge in [0, 0.05) is 11.1 Å². The predicted molar refractivity (Wildman–Crippen MR) is 143 cm³/mol. The van der Waals surface area contributed by atoms with Crippen LogP contribution in [0.3, 0.4) is 0 Å². The van der Waals surface area contributed by atoms with Gasteiger partial charge in [-0.1, -0.05) is 84.9 Å². The van der Waals surface area contributed by atoms with Crippen molar-refractivity contribution in [2.75, 3.05) is 4.90 Å². The molecule has 1 spiro atoms. The van der Waals surface area contributed by atoms with Gasteiger partial charge in [0.05, 0.1) is 29.0 Å². The number of carbonyl (C=O) groups is 1. The summed E-state index contributed by atoms with van der Waals surface area (Å²) >= 11 is 0. The molecule has 3 aliphatic rings. The van der Waals surface area contributed by atoms with Crippen molar-refractivity contribution >= 4 is 28.5 Å². The smallest absolute Gasteiger partial charge is 0.193 e. The Bertz CT molecular complexity index is 1810. The SMILES string of the molecule is [C-]#[N+]c1ccc2c(c1)N1c3ccccc3C3(c4ccccc4C(=O)c4ccccc43)c3cccc(c31)O2. The van der Waals surface area contributed by atoms with E-state index in [1.54, 1.807) is 6.07 Å². The molecular formula is C33H18N2O2. The number of para-hydroxylation sites is 2. The first-order valence-corrected chi connectivity index (χ1v) is 12.2. The maximum atomic E-state index is 13.7. The van der Waals surface area contributed by atoms with E-state index in [0.717, 1.165) is 56.2 Å². The van der Waals surface area contributed by atoms with Gasteiger partial charge < -0.3 is 9.64 Å². The Morgan fingerprint density at radius 2 is 1.30 bits per heavy atom. The van der Waals surface area contributed by atoms with Crippen molar-refractivity contribution < 1.29 is 9.53 Å². The Morgan fingerprint density at radius 1 is 0.649 bits per heavy atom. The lowest BCUT2D eigenvalue weighted by Crippen LogP contribution is -2.42. The zero-order chi connectivity index (χ0) is 24.7. The number of carbonyl (C=O) groups excluding carboxylic acids is 1. The summed E-state index contributed by atoms with van der Waals surface area (Å²) in [6, 6.07) is 36.1. The molecule has 4 heteroatoms. The summed E-state index contributed by atoms with van der Waals surface area (Å²) in [4.78, 5) is 19.6. The van der Waals surface area contributed by atoms with Crippen molar-refractivity contribution in [2.24, 2.45) is 0 Å². The number of ether oxygens (including phenoxy) is 1. The molecule has 0 amide bonds. The summed E-state index contributed by atoms with van der Waals surface area (Å²) < 4.78 is 6.46. The molecule has 8 rings (SSSR count). The fourth-order valence-electron chi connectivity index (χ4n) is 6.48. The summed E-state index contributed by atoms with van der Waals surface area (Å²) in [6.07, 6.45) is 0. The minimum absolute atomic E-state index is 0.0461. The predicted octanol–water partition coefficient (Wildman–Crippen LogP) is 8.05. The van der Waals surface area contributed by atoms with Gasteiger partial charge >= 0.3 is 0 Å². The van der Waals surface area contributed by atoms with E-state index in [2.05, 4.69) is 46.1 Å². The monoisotopic (exact) mass is 474 g/mol. The third-order valence-corrected chi connectivity index (χ3v) is 7.86. The van der Waals surface area contributed by atoms with Crippen LogP contribution in [0.1, 0.15) is 38.2 Å². The van der Waals surface area contributed by atoms with Crippen LogP contribution in [0.25, 0.3) is 4.85 Å². The summed E-state index contributed by atoms with van der Waals surface area (Å²) in [6.45, 7) is 7.60.